The van der Waals surface area contributed by atoms with E-state index in [1.54, 1.807) is 18.2 Å². The van der Waals surface area contributed by atoms with Crippen molar-refractivity contribution in [2.24, 2.45) is 0 Å². The second-order valence-corrected chi connectivity index (χ2v) is 5.66. The molecule has 1 amide bonds. The molecule has 0 saturated heterocycles. The zero-order valence-corrected chi connectivity index (χ0v) is 12.7. The summed E-state index contributed by atoms with van der Waals surface area (Å²) in [5.74, 6) is -0.743. The molecular weight excluding hydrogens is 330 g/mol. The largest absolute Gasteiger partial charge is 0.418 e. The van der Waals surface area contributed by atoms with Crippen LogP contribution in [0, 0.1) is 5.82 Å². The van der Waals surface area contributed by atoms with Gasteiger partial charge in [-0.25, -0.2) is 4.39 Å². The van der Waals surface area contributed by atoms with Crippen LogP contribution in [-0.2, 0) is 16.7 Å². The molecule has 0 bridgehead atoms. The fourth-order valence-electron chi connectivity index (χ4n) is 1.89. The lowest BCUT2D eigenvalue weighted by Crippen LogP contribution is -2.18. The number of hydrogen-bond acceptors (Lipinski definition) is 2. The molecule has 2 rings (SSSR count). The number of alkyl halides is 3. The molecule has 0 saturated carbocycles. The molecule has 7 heteroatoms. The van der Waals surface area contributed by atoms with Gasteiger partial charge in [-0.2, -0.15) is 13.2 Å². The standard InChI is InChI=1S/C16H13F4NOS/c17-13-7-3-1-5-11(13)9-23-10-15(22)21-14-8-4-2-6-12(14)16(18,19)20/h1-8H,9-10H2,(H,21,22). The molecule has 0 spiro atoms. The number of halogens is 4. The van der Waals surface area contributed by atoms with Crippen LogP contribution >= 0.6 is 11.8 Å². The number of rotatable bonds is 5. The fourth-order valence-corrected chi connectivity index (χ4v) is 2.71. The Morgan fingerprint density at radius 3 is 2.39 bits per heavy atom. The lowest BCUT2D eigenvalue weighted by atomic mass is 10.1. The summed E-state index contributed by atoms with van der Waals surface area (Å²) < 4.78 is 51.9. The molecule has 2 aromatic carbocycles. The SMILES string of the molecule is O=C(CSCc1ccccc1F)Nc1ccccc1C(F)(F)F. The Labute approximate surface area is 134 Å². The molecule has 2 aromatic rings. The van der Waals surface area contributed by atoms with Crippen LogP contribution in [0.3, 0.4) is 0 Å². The third-order valence-corrected chi connectivity index (χ3v) is 3.94. The van der Waals surface area contributed by atoms with Crippen molar-refractivity contribution in [2.75, 3.05) is 11.1 Å². The van der Waals surface area contributed by atoms with E-state index >= 15 is 0 Å². The van der Waals surface area contributed by atoms with Crippen LogP contribution in [0.25, 0.3) is 0 Å². The van der Waals surface area contributed by atoms with Gasteiger partial charge in [0.25, 0.3) is 0 Å². The molecule has 0 unspecified atom stereocenters. The Morgan fingerprint density at radius 2 is 1.70 bits per heavy atom. The van der Waals surface area contributed by atoms with Gasteiger partial charge in [-0.1, -0.05) is 30.3 Å². The molecule has 0 aliphatic heterocycles. The van der Waals surface area contributed by atoms with E-state index in [1.807, 2.05) is 0 Å². The fraction of sp³-hybridized carbons (Fsp3) is 0.188. The first-order valence-electron chi connectivity index (χ1n) is 6.65. The molecule has 0 aromatic heterocycles. The maximum atomic E-state index is 13.4. The minimum atomic E-state index is -4.54. The van der Waals surface area contributed by atoms with E-state index in [2.05, 4.69) is 5.32 Å². The molecule has 0 fully saturated rings. The zero-order valence-electron chi connectivity index (χ0n) is 11.9. The summed E-state index contributed by atoms with van der Waals surface area (Å²) >= 11 is 1.13. The van der Waals surface area contributed by atoms with Gasteiger partial charge in [0.05, 0.1) is 17.0 Å². The maximum Gasteiger partial charge on any atom is 0.418 e. The molecule has 0 aliphatic rings. The molecule has 2 nitrogen and oxygen atoms in total. The average molecular weight is 343 g/mol. The lowest BCUT2D eigenvalue weighted by molar-refractivity contribution is -0.137. The van der Waals surface area contributed by atoms with Crippen molar-refractivity contribution in [1.82, 2.24) is 0 Å². The van der Waals surface area contributed by atoms with E-state index in [9.17, 15) is 22.4 Å². The Kier molecular flexibility index (Phi) is 5.65. The van der Waals surface area contributed by atoms with Gasteiger partial charge in [-0.05, 0) is 23.8 Å². The molecule has 23 heavy (non-hydrogen) atoms. The topological polar surface area (TPSA) is 29.1 Å². The average Bonchev–Trinajstić information content (AvgIpc) is 2.49. The summed E-state index contributed by atoms with van der Waals surface area (Å²) in [6, 6.07) is 10.9. The first-order valence-corrected chi connectivity index (χ1v) is 7.80. The van der Waals surface area contributed by atoms with Crippen LogP contribution in [-0.4, -0.2) is 11.7 Å². The second kappa shape index (κ2) is 7.50. The summed E-state index contributed by atoms with van der Waals surface area (Å²) in [6.07, 6.45) is -4.54. The Bertz CT molecular complexity index is 688. The first kappa shape index (κ1) is 17.3. The van der Waals surface area contributed by atoms with E-state index in [0.29, 0.717) is 5.56 Å². The highest BCUT2D eigenvalue weighted by atomic mass is 32.2. The van der Waals surface area contributed by atoms with E-state index in [0.717, 1.165) is 17.8 Å². The van der Waals surface area contributed by atoms with Crippen molar-refractivity contribution >= 4 is 23.4 Å². The summed E-state index contributed by atoms with van der Waals surface area (Å²) in [7, 11) is 0. The minimum Gasteiger partial charge on any atom is -0.325 e. The molecule has 0 radical (unpaired) electrons. The van der Waals surface area contributed by atoms with Crippen molar-refractivity contribution in [3.05, 3.63) is 65.5 Å². The van der Waals surface area contributed by atoms with Gasteiger partial charge >= 0.3 is 6.18 Å². The Morgan fingerprint density at radius 1 is 1.04 bits per heavy atom. The number of benzene rings is 2. The van der Waals surface area contributed by atoms with Gasteiger partial charge in [0, 0.05) is 5.75 Å². The summed E-state index contributed by atoms with van der Waals surface area (Å²) in [5, 5.41) is 2.24. The number of thioether (sulfide) groups is 1. The van der Waals surface area contributed by atoms with Crippen LogP contribution < -0.4 is 5.32 Å². The quantitative estimate of drug-likeness (QED) is 0.796. The van der Waals surface area contributed by atoms with Crippen molar-refractivity contribution in [1.29, 1.82) is 0 Å². The van der Waals surface area contributed by atoms with Crippen LogP contribution in [0.1, 0.15) is 11.1 Å². The Balaban J connectivity index is 1.92. The van der Waals surface area contributed by atoms with E-state index in [1.165, 1.54) is 24.3 Å². The molecule has 1 N–H and O–H groups in total. The third-order valence-electron chi connectivity index (χ3n) is 2.96. The van der Waals surface area contributed by atoms with Crippen LogP contribution in [0.4, 0.5) is 23.2 Å². The van der Waals surface area contributed by atoms with Gasteiger partial charge in [-0.15, -0.1) is 11.8 Å². The predicted molar refractivity (Wildman–Crippen MR) is 82.6 cm³/mol. The Hall–Kier alpha value is -2.02. The molecule has 0 aliphatic carbocycles. The number of carbonyl (C=O) groups is 1. The van der Waals surface area contributed by atoms with E-state index < -0.39 is 17.6 Å². The van der Waals surface area contributed by atoms with Crippen molar-refractivity contribution < 1.29 is 22.4 Å². The highest BCUT2D eigenvalue weighted by Crippen LogP contribution is 2.34. The summed E-state index contributed by atoms with van der Waals surface area (Å²) in [6.45, 7) is 0. The molecule has 122 valence electrons. The van der Waals surface area contributed by atoms with Crippen molar-refractivity contribution in [3.8, 4) is 0 Å². The zero-order chi connectivity index (χ0) is 16.9. The first-order chi connectivity index (χ1) is 10.9. The summed E-state index contributed by atoms with van der Waals surface area (Å²) in [4.78, 5) is 11.8. The highest BCUT2D eigenvalue weighted by molar-refractivity contribution is 7.99. The van der Waals surface area contributed by atoms with Gasteiger partial charge in [0.1, 0.15) is 5.82 Å². The van der Waals surface area contributed by atoms with Gasteiger partial charge < -0.3 is 5.32 Å². The van der Waals surface area contributed by atoms with Gasteiger partial charge in [-0.3, -0.25) is 4.79 Å². The molecule has 0 heterocycles. The second-order valence-electron chi connectivity index (χ2n) is 4.68. The third kappa shape index (κ3) is 4.99. The van der Waals surface area contributed by atoms with Crippen LogP contribution in [0.15, 0.2) is 48.5 Å². The van der Waals surface area contributed by atoms with Gasteiger partial charge in [0.2, 0.25) is 5.91 Å². The van der Waals surface area contributed by atoms with E-state index in [-0.39, 0.29) is 23.0 Å². The van der Waals surface area contributed by atoms with E-state index in [4.69, 9.17) is 0 Å². The monoisotopic (exact) mass is 343 g/mol. The smallest absolute Gasteiger partial charge is 0.325 e. The van der Waals surface area contributed by atoms with Crippen LogP contribution in [0.2, 0.25) is 0 Å². The number of amides is 1. The van der Waals surface area contributed by atoms with Crippen molar-refractivity contribution in [3.63, 3.8) is 0 Å². The normalized spacial score (nSPS) is 11.3. The van der Waals surface area contributed by atoms with Gasteiger partial charge in [0.15, 0.2) is 0 Å². The lowest BCUT2D eigenvalue weighted by Gasteiger charge is -2.13. The molecular formula is C16H13F4NOS. The highest BCUT2D eigenvalue weighted by Gasteiger charge is 2.33. The minimum absolute atomic E-state index is 0.0689. The number of hydrogen-bond donors (Lipinski definition) is 1. The maximum absolute atomic E-state index is 13.4. The van der Waals surface area contributed by atoms with Crippen molar-refractivity contribution in [2.45, 2.75) is 11.9 Å². The number of carbonyl (C=O) groups excluding carboxylic acids is 1. The molecule has 0 atom stereocenters. The predicted octanol–water partition coefficient (Wildman–Crippen LogP) is 4.72. The number of para-hydroxylation sites is 1. The number of nitrogens with one attached hydrogen (secondary N) is 1. The number of anilines is 1. The summed E-state index contributed by atoms with van der Waals surface area (Å²) in [5.41, 5.74) is -0.732. The van der Waals surface area contributed by atoms with Crippen LogP contribution in [0.5, 0.6) is 0 Å².